The van der Waals surface area contributed by atoms with Gasteiger partial charge >= 0.3 is 0 Å². The van der Waals surface area contributed by atoms with Crippen LogP contribution in [0.15, 0.2) is 54.6 Å². The maximum atomic E-state index is 12.9. The number of hydrogen-bond acceptors (Lipinski definition) is 3. The number of aromatic amines is 1. The summed E-state index contributed by atoms with van der Waals surface area (Å²) in [6, 6.07) is 16.5. The minimum absolute atomic E-state index is 0.0473. The van der Waals surface area contributed by atoms with Gasteiger partial charge in [-0.2, -0.15) is 0 Å². The second-order valence-corrected chi connectivity index (χ2v) is 7.49. The van der Waals surface area contributed by atoms with Crippen molar-refractivity contribution in [3.8, 4) is 0 Å². The first kappa shape index (κ1) is 18.9. The zero-order valence-corrected chi connectivity index (χ0v) is 16.3. The number of rotatable bonds is 4. The molecule has 1 aromatic heterocycles. The van der Waals surface area contributed by atoms with Crippen LogP contribution in [0.1, 0.15) is 40.6 Å². The van der Waals surface area contributed by atoms with Crippen molar-refractivity contribution < 1.29 is 14.4 Å². The number of Topliss-reactive ketones (excluding diaryl/α,β-unsaturated/α-hetero) is 1. The van der Waals surface area contributed by atoms with Gasteiger partial charge in [0.1, 0.15) is 5.69 Å². The molecule has 0 bridgehead atoms. The molecule has 1 aliphatic rings. The van der Waals surface area contributed by atoms with Gasteiger partial charge < -0.3 is 15.2 Å². The van der Waals surface area contributed by atoms with Crippen LogP contribution in [0.2, 0.25) is 0 Å². The normalized spacial score (nSPS) is 16.6. The lowest BCUT2D eigenvalue weighted by atomic mass is 9.96. The molecule has 1 atom stereocenters. The molecular weight excluding hydrogens is 366 g/mol. The Morgan fingerprint density at radius 2 is 1.90 bits per heavy atom. The van der Waals surface area contributed by atoms with Crippen molar-refractivity contribution in [3.05, 3.63) is 65.9 Å². The Bertz CT molecular complexity index is 1050. The number of likely N-dealkylation sites (tertiary alicyclic amines) is 1. The summed E-state index contributed by atoms with van der Waals surface area (Å²) < 4.78 is 0. The highest BCUT2D eigenvalue weighted by Gasteiger charge is 2.29. The number of H-pyrrole nitrogens is 1. The summed E-state index contributed by atoms with van der Waals surface area (Å²) in [6.45, 7) is 2.51. The molecule has 0 saturated carbocycles. The number of benzene rings is 2. The molecule has 4 rings (SSSR count). The summed E-state index contributed by atoms with van der Waals surface area (Å²) in [7, 11) is 0. The molecular formula is C23H23N3O3. The number of carbonyl (C=O) groups excluding carboxylic acids is 3. The van der Waals surface area contributed by atoms with E-state index in [4.69, 9.17) is 0 Å². The maximum absolute atomic E-state index is 12.9. The van der Waals surface area contributed by atoms with Crippen molar-refractivity contribution >= 4 is 34.2 Å². The molecule has 2 aromatic carbocycles. The van der Waals surface area contributed by atoms with E-state index in [1.165, 1.54) is 6.92 Å². The third-order valence-corrected chi connectivity index (χ3v) is 5.38. The number of fused-ring (bicyclic) bond motifs is 1. The Kier molecular flexibility index (Phi) is 5.16. The van der Waals surface area contributed by atoms with Gasteiger partial charge in [-0.05, 0) is 44.0 Å². The van der Waals surface area contributed by atoms with Gasteiger partial charge in [-0.1, -0.05) is 30.3 Å². The first-order chi connectivity index (χ1) is 14.0. The minimum atomic E-state index is -0.280. The van der Waals surface area contributed by atoms with Crippen LogP contribution in [0.5, 0.6) is 0 Å². The molecule has 6 heteroatoms. The molecule has 0 aliphatic carbocycles. The Morgan fingerprint density at radius 3 is 2.69 bits per heavy atom. The monoisotopic (exact) mass is 389 g/mol. The minimum Gasteiger partial charge on any atom is -0.351 e. The fraction of sp³-hybridized carbons (Fsp3) is 0.261. The highest BCUT2D eigenvalue weighted by atomic mass is 16.2. The third-order valence-electron chi connectivity index (χ3n) is 5.38. The van der Waals surface area contributed by atoms with E-state index in [9.17, 15) is 14.4 Å². The van der Waals surface area contributed by atoms with E-state index in [0.29, 0.717) is 30.0 Å². The summed E-state index contributed by atoms with van der Waals surface area (Å²) >= 11 is 0. The number of carbonyl (C=O) groups is 3. The first-order valence-corrected chi connectivity index (χ1v) is 9.80. The highest BCUT2D eigenvalue weighted by molar-refractivity contribution is 5.99. The van der Waals surface area contributed by atoms with Crippen molar-refractivity contribution in [2.24, 2.45) is 5.92 Å². The van der Waals surface area contributed by atoms with Gasteiger partial charge in [0, 0.05) is 35.2 Å². The highest BCUT2D eigenvalue weighted by Crippen LogP contribution is 2.22. The van der Waals surface area contributed by atoms with Gasteiger partial charge in [0.25, 0.3) is 5.91 Å². The van der Waals surface area contributed by atoms with Crippen molar-refractivity contribution in [1.82, 2.24) is 9.88 Å². The molecule has 2 heterocycles. The smallest absolute Gasteiger partial charge is 0.270 e. The van der Waals surface area contributed by atoms with Gasteiger partial charge in [-0.15, -0.1) is 0 Å². The lowest BCUT2D eigenvalue weighted by molar-refractivity contribution is -0.121. The van der Waals surface area contributed by atoms with Gasteiger partial charge in [0.15, 0.2) is 5.78 Å². The molecule has 1 aliphatic heterocycles. The first-order valence-electron chi connectivity index (χ1n) is 9.80. The molecule has 0 spiro atoms. The van der Waals surface area contributed by atoms with Crippen molar-refractivity contribution in [2.45, 2.75) is 19.8 Å². The Labute approximate surface area is 168 Å². The molecule has 2 N–H and O–H groups in total. The summed E-state index contributed by atoms with van der Waals surface area (Å²) in [6.07, 6.45) is 1.51. The van der Waals surface area contributed by atoms with Crippen LogP contribution in [0, 0.1) is 5.92 Å². The Balaban J connectivity index is 1.44. The van der Waals surface area contributed by atoms with Gasteiger partial charge in [0.05, 0.1) is 5.92 Å². The van der Waals surface area contributed by atoms with E-state index < -0.39 is 0 Å². The van der Waals surface area contributed by atoms with Crippen LogP contribution in [0.3, 0.4) is 0 Å². The predicted molar refractivity (Wildman–Crippen MR) is 112 cm³/mol. The number of ketones is 1. The summed E-state index contributed by atoms with van der Waals surface area (Å²) in [5, 5.41) is 3.88. The number of amides is 2. The number of para-hydroxylation sites is 1. The zero-order valence-electron chi connectivity index (χ0n) is 16.3. The van der Waals surface area contributed by atoms with E-state index in [2.05, 4.69) is 10.3 Å². The molecule has 6 nitrogen and oxygen atoms in total. The van der Waals surface area contributed by atoms with Crippen LogP contribution in [-0.2, 0) is 4.79 Å². The molecule has 1 fully saturated rings. The molecule has 0 radical (unpaired) electrons. The molecule has 1 saturated heterocycles. The summed E-state index contributed by atoms with van der Waals surface area (Å²) in [5.74, 6) is -0.538. The standard InChI is InChI=1S/C23H23N3O3/c1-15(27)16-7-4-9-19(12-16)24-22(28)18-8-5-11-26(14-18)23(29)21-13-17-6-2-3-10-20(17)25-21/h2-4,6-7,9-10,12-13,18,25H,5,8,11,14H2,1H3,(H,24,28)/t18-/m1/s1. The number of aromatic nitrogens is 1. The summed E-state index contributed by atoms with van der Waals surface area (Å²) in [5.41, 5.74) is 2.62. The summed E-state index contributed by atoms with van der Waals surface area (Å²) in [4.78, 5) is 42.1. The number of piperidine rings is 1. The van der Waals surface area contributed by atoms with Crippen molar-refractivity contribution in [1.29, 1.82) is 0 Å². The zero-order chi connectivity index (χ0) is 20.4. The fourth-order valence-corrected chi connectivity index (χ4v) is 3.79. The molecule has 29 heavy (non-hydrogen) atoms. The third kappa shape index (κ3) is 4.06. The van der Waals surface area contributed by atoms with Crippen molar-refractivity contribution in [3.63, 3.8) is 0 Å². The van der Waals surface area contributed by atoms with Gasteiger partial charge in [-0.3, -0.25) is 14.4 Å². The van der Waals surface area contributed by atoms with E-state index >= 15 is 0 Å². The van der Waals surface area contributed by atoms with Crippen LogP contribution in [0.4, 0.5) is 5.69 Å². The van der Waals surface area contributed by atoms with E-state index in [1.54, 1.807) is 29.2 Å². The number of hydrogen-bond donors (Lipinski definition) is 2. The maximum Gasteiger partial charge on any atom is 0.270 e. The molecule has 148 valence electrons. The molecule has 2 amide bonds. The van der Waals surface area contributed by atoms with Crippen LogP contribution in [0.25, 0.3) is 10.9 Å². The predicted octanol–water partition coefficient (Wildman–Crippen LogP) is 3.86. The second kappa shape index (κ2) is 7.91. The van der Waals surface area contributed by atoms with E-state index in [0.717, 1.165) is 23.7 Å². The topological polar surface area (TPSA) is 82.3 Å². The van der Waals surface area contributed by atoms with Crippen LogP contribution < -0.4 is 5.32 Å². The SMILES string of the molecule is CC(=O)c1cccc(NC(=O)[C@@H]2CCCN(C(=O)c3cc4ccccc4[nH]3)C2)c1. The fourth-order valence-electron chi connectivity index (χ4n) is 3.79. The largest absolute Gasteiger partial charge is 0.351 e. The number of nitrogens with one attached hydrogen (secondary N) is 2. The van der Waals surface area contributed by atoms with Gasteiger partial charge in [-0.25, -0.2) is 0 Å². The average molecular weight is 389 g/mol. The van der Waals surface area contributed by atoms with E-state index in [-0.39, 0.29) is 23.5 Å². The Morgan fingerprint density at radius 1 is 1.07 bits per heavy atom. The van der Waals surface area contributed by atoms with Crippen LogP contribution >= 0.6 is 0 Å². The van der Waals surface area contributed by atoms with Crippen molar-refractivity contribution in [2.75, 3.05) is 18.4 Å². The quantitative estimate of drug-likeness (QED) is 0.665. The second-order valence-electron chi connectivity index (χ2n) is 7.49. The molecule has 0 unspecified atom stereocenters. The van der Waals surface area contributed by atoms with Crippen LogP contribution in [-0.4, -0.2) is 40.6 Å². The molecule has 3 aromatic rings. The van der Waals surface area contributed by atoms with Gasteiger partial charge in [0.2, 0.25) is 5.91 Å². The lowest BCUT2D eigenvalue weighted by Crippen LogP contribution is -2.43. The number of nitrogens with zero attached hydrogens (tertiary/aromatic N) is 1. The Hall–Kier alpha value is -3.41. The number of anilines is 1. The van der Waals surface area contributed by atoms with E-state index in [1.807, 2.05) is 30.3 Å². The average Bonchev–Trinajstić information content (AvgIpc) is 3.17. The lowest BCUT2D eigenvalue weighted by Gasteiger charge is -2.31.